The van der Waals surface area contributed by atoms with Gasteiger partial charge in [0.15, 0.2) is 0 Å². The Morgan fingerprint density at radius 2 is 0.682 bits per heavy atom. The molecule has 16 rings (SSSR count). The van der Waals surface area contributed by atoms with Crippen molar-refractivity contribution < 1.29 is 0 Å². The smallest absolute Gasteiger partial charge is 0.252 e. The van der Waals surface area contributed by atoms with Gasteiger partial charge in [-0.05, 0) is 152 Å². The minimum Gasteiger partial charge on any atom is -0.310 e. The highest BCUT2D eigenvalue weighted by Crippen LogP contribution is 2.54. The first-order valence-corrected chi connectivity index (χ1v) is 31.2. The standard InChI is InChI=1S/C84H64BClN2/c1-83(2,3)63-44-60-38-39-61-45-64(84(4,5)6)50-71-70(47-62(46-63)78(60)79(61)71)59-41-43-75-73(49-59)85-72-48-58(53-24-12-7-13-25-53)40-42-74(72)87(81-66(54-26-14-8-15-27-54)34-22-35-67(81)55-28-16-9-17-29-55)76-51-65(86)52-77(80(76)85)88(75)82-68(56-30-18-10-19-31-56)36-23-37-69(82)57-32-20-11-21-33-57/h7-52H,1-6H3. The minimum atomic E-state index is -0.246. The van der Waals surface area contributed by atoms with Crippen LogP contribution in [0.3, 0.4) is 0 Å². The minimum absolute atomic E-state index is 0.0493. The second kappa shape index (κ2) is 20.6. The van der Waals surface area contributed by atoms with Crippen molar-refractivity contribution in [1.82, 2.24) is 0 Å². The number of benzene rings is 14. The van der Waals surface area contributed by atoms with Crippen molar-refractivity contribution in [3.05, 3.63) is 295 Å². The molecule has 0 saturated carbocycles. The average molecular weight is 1150 g/mol. The number of hydrogen-bond donors (Lipinski definition) is 0. The summed E-state index contributed by atoms with van der Waals surface area (Å²) < 4.78 is 0. The highest BCUT2D eigenvalue weighted by atomic mass is 35.5. The molecule has 0 bridgehead atoms. The Balaban J connectivity index is 1.07. The van der Waals surface area contributed by atoms with Crippen LogP contribution in [0.2, 0.25) is 5.02 Å². The molecule has 0 spiro atoms. The summed E-state index contributed by atoms with van der Waals surface area (Å²) in [6, 6.07) is 104. The van der Waals surface area contributed by atoms with Crippen LogP contribution >= 0.6 is 11.6 Å². The fourth-order valence-corrected chi connectivity index (χ4v) is 14.6. The first-order chi connectivity index (χ1) is 42.8. The van der Waals surface area contributed by atoms with E-state index in [9.17, 15) is 0 Å². The van der Waals surface area contributed by atoms with Gasteiger partial charge in [-0.3, -0.25) is 0 Å². The molecule has 88 heavy (non-hydrogen) atoms. The number of hydrogen-bond acceptors (Lipinski definition) is 2. The van der Waals surface area contributed by atoms with E-state index in [1.165, 1.54) is 76.5 Å². The first kappa shape index (κ1) is 53.5. The normalized spacial score (nSPS) is 12.9. The molecule has 14 aromatic rings. The van der Waals surface area contributed by atoms with Crippen LogP contribution in [0.15, 0.2) is 279 Å². The fraction of sp³-hybridized carbons (Fsp3) is 0.0952. The molecule has 2 heterocycles. The molecule has 0 amide bonds. The topological polar surface area (TPSA) is 6.48 Å². The quantitative estimate of drug-likeness (QED) is 0.111. The maximum absolute atomic E-state index is 7.89. The molecular weight excluding hydrogens is 1080 g/mol. The summed E-state index contributed by atoms with van der Waals surface area (Å²) >= 11 is 7.89. The van der Waals surface area contributed by atoms with Crippen molar-refractivity contribution in [2.75, 3.05) is 9.80 Å². The van der Waals surface area contributed by atoms with Gasteiger partial charge in [0.05, 0.1) is 11.4 Å². The molecule has 4 heteroatoms. The summed E-state index contributed by atoms with van der Waals surface area (Å²) in [5, 5.41) is 8.40. The van der Waals surface area contributed by atoms with Crippen molar-refractivity contribution in [1.29, 1.82) is 0 Å². The lowest BCUT2D eigenvalue weighted by Gasteiger charge is -2.46. The molecule has 2 aliphatic heterocycles. The molecule has 0 aliphatic carbocycles. The summed E-state index contributed by atoms with van der Waals surface area (Å²) in [5.41, 5.74) is 26.4. The van der Waals surface area contributed by atoms with Crippen LogP contribution in [0.4, 0.5) is 34.1 Å². The average Bonchev–Trinajstić information content (AvgIpc) is 0.712. The van der Waals surface area contributed by atoms with Crippen LogP contribution in [0, 0.1) is 0 Å². The van der Waals surface area contributed by atoms with Gasteiger partial charge in [-0.2, -0.15) is 0 Å². The summed E-state index contributed by atoms with van der Waals surface area (Å²) in [6.45, 7) is 13.8. The summed E-state index contributed by atoms with van der Waals surface area (Å²) in [5.74, 6) is 0. The third-order valence-electron chi connectivity index (χ3n) is 18.7. The molecule has 2 nitrogen and oxygen atoms in total. The Kier molecular flexibility index (Phi) is 12.5. The zero-order chi connectivity index (χ0) is 59.6. The van der Waals surface area contributed by atoms with Crippen LogP contribution in [0.5, 0.6) is 0 Å². The van der Waals surface area contributed by atoms with Crippen molar-refractivity contribution in [3.8, 4) is 66.8 Å². The molecule has 0 radical (unpaired) electrons. The van der Waals surface area contributed by atoms with Crippen molar-refractivity contribution in [2.45, 2.75) is 52.4 Å². The molecule has 0 atom stereocenters. The molecule has 0 aromatic heterocycles. The zero-order valence-electron chi connectivity index (χ0n) is 50.4. The summed E-state index contributed by atoms with van der Waals surface area (Å²) in [4.78, 5) is 5.14. The number of nitrogens with zero attached hydrogens (tertiary/aromatic N) is 2. The SMILES string of the molecule is CC(C)(C)c1cc2ccc3cc(C(C)(C)C)cc4c(-c5ccc6c(c5)B5c7cc(-c8ccccc8)ccc7N(c7c(-c8ccccc8)cccc7-c7ccccc7)c7cc(Cl)cc(c75)N6c5c(-c6ccccc6)cccc5-c5ccccc5)cc(c1)c2c34. The van der Waals surface area contributed by atoms with Gasteiger partial charge in [-0.25, -0.2) is 0 Å². The number of rotatable bonds is 8. The van der Waals surface area contributed by atoms with Gasteiger partial charge in [0.25, 0.3) is 6.71 Å². The maximum Gasteiger partial charge on any atom is 0.252 e. The van der Waals surface area contributed by atoms with Gasteiger partial charge in [0, 0.05) is 50.0 Å². The van der Waals surface area contributed by atoms with Crippen LogP contribution in [-0.2, 0) is 10.8 Å². The lowest BCUT2D eigenvalue weighted by atomic mass is 9.33. The lowest BCUT2D eigenvalue weighted by Crippen LogP contribution is -2.61. The Morgan fingerprint density at radius 3 is 1.12 bits per heavy atom. The second-order valence-corrected chi connectivity index (χ2v) is 26.6. The molecule has 420 valence electrons. The van der Waals surface area contributed by atoms with Crippen molar-refractivity contribution >= 4 is 101 Å². The van der Waals surface area contributed by atoms with E-state index in [0.717, 1.165) is 84.2 Å². The molecule has 0 fully saturated rings. The fourth-order valence-electron chi connectivity index (χ4n) is 14.4. The number of halogens is 1. The number of fused-ring (bicyclic) bond motifs is 4. The van der Waals surface area contributed by atoms with E-state index in [1.807, 2.05) is 0 Å². The maximum atomic E-state index is 7.89. The van der Waals surface area contributed by atoms with Gasteiger partial charge < -0.3 is 9.80 Å². The highest BCUT2D eigenvalue weighted by molar-refractivity contribution is 7.00. The van der Waals surface area contributed by atoms with Gasteiger partial charge in [0.2, 0.25) is 0 Å². The first-order valence-electron chi connectivity index (χ1n) is 30.9. The van der Waals surface area contributed by atoms with Gasteiger partial charge in [-0.15, -0.1) is 0 Å². The number of anilines is 6. The predicted octanol–water partition coefficient (Wildman–Crippen LogP) is 21.9. The Hall–Kier alpha value is -9.93. The second-order valence-electron chi connectivity index (χ2n) is 26.2. The highest BCUT2D eigenvalue weighted by Gasteiger charge is 2.46. The summed E-state index contributed by atoms with van der Waals surface area (Å²) in [6.07, 6.45) is 0. The molecule has 0 N–H and O–H groups in total. The third kappa shape index (κ3) is 8.77. The number of para-hydroxylation sites is 2. The molecule has 14 aromatic carbocycles. The van der Waals surface area contributed by atoms with E-state index in [0.29, 0.717) is 5.02 Å². The van der Waals surface area contributed by atoms with E-state index in [1.54, 1.807) is 0 Å². The van der Waals surface area contributed by atoms with Crippen LogP contribution < -0.4 is 26.2 Å². The molecule has 2 aliphatic rings. The van der Waals surface area contributed by atoms with E-state index >= 15 is 0 Å². The largest absolute Gasteiger partial charge is 0.310 e. The monoisotopic (exact) mass is 1150 g/mol. The zero-order valence-corrected chi connectivity index (χ0v) is 51.2. The van der Waals surface area contributed by atoms with Gasteiger partial charge >= 0.3 is 0 Å². The Labute approximate surface area is 522 Å². The van der Waals surface area contributed by atoms with E-state index in [4.69, 9.17) is 11.6 Å². The van der Waals surface area contributed by atoms with E-state index in [2.05, 4.69) is 330 Å². The van der Waals surface area contributed by atoms with Crippen LogP contribution in [-0.4, -0.2) is 6.71 Å². The lowest BCUT2D eigenvalue weighted by molar-refractivity contribution is 0.591. The van der Waals surface area contributed by atoms with E-state index < -0.39 is 0 Å². The molecular formula is C84H64BClN2. The summed E-state index contributed by atoms with van der Waals surface area (Å²) in [7, 11) is 0. The van der Waals surface area contributed by atoms with Crippen molar-refractivity contribution in [2.24, 2.45) is 0 Å². The van der Waals surface area contributed by atoms with Crippen LogP contribution in [0.25, 0.3) is 99.1 Å². The van der Waals surface area contributed by atoms with Gasteiger partial charge in [0.1, 0.15) is 0 Å². The Bertz CT molecular complexity index is 4910. The molecule has 0 saturated heterocycles. The predicted molar refractivity (Wildman–Crippen MR) is 379 cm³/mol. The van der Waals surface area contributed by atoms with E-state index in [-0.39, 0.29) is 17.5 Å². The van der Waals surface area contributed by atoms with Crippen LogP contribution in [0.1, 0.15) is 52.7 Å². The van der Waals surface area contributed by atoms with Crippen molar-refractivity contribution in [3.63, 3.8) is 0 Å². The third-order valence-corrected chi connectivity index (χ3v) is 18.9. The van der Waals surface area contributed by atoms with Gasteiger partial charge in [-0.1, -0.05) is 296 Å². The Morgan fingerprint density at radius 1 is 0.295 bits per heavy atom. The molecule has 0 unspecified atom stereocenters.